The second-order valence-electron chi connectivity index (χ2n) is 4.78. The van der Waals surface area contributed by atoms with Crippen LogP contribution in [0, 0.1) is 0 Å². The molecule has 19 heavy (non-hydrogen) atoms. The van der Waals surface area contributed by atoms with Gasteiger partial charge in [-0.1, -0.05) is 18.2 Å². The zero-order valence-corrected chi connectivity index (χ0v) is 11.1. The first-order valence-corrected chi connectivity index (χ1v) is 6.51. The Labute approximate surface area is 112 Å². The van der Waals surface area contributed by atoms with Crippen molar-refractivity contribution in [3.05, 3.63) is 29.8 Å². The van der Waals surface area contributed by atoms with E-state index in [2.05, 4.69) is 5.32 Å². The van der Waals surface area contributed by atoms with Gasteiger partial charge in [-0.25, -0.2) is 0 Å². The van der Waals surface area contributed by atoms with E-state index in [1.807, 2.05) is 24.3 Å². The van der Waals surface area contributed by atoms with Gasteiger partial charge in [0.15, 0.2) is 0 Å². The molecule has 0 spiro atoms. The predicted octanol–water partition coefficient (Wildman–Crippen LogP) is 0.429. The summed E-state index contributed by atoms with van der Waals surface area (Å²) in [5.74, 6) is -0.403. The Morgan fingerprint density at radius 1 is 1.42 bits per heavy atom. The number of hydrogen-bond acceptors (Lipinski definition) is 3. The van der Waals surface area contributed by atoms with Crippen LogP contribution in [-0.2, 0) is 16.0 Å². The molecule has 0 radical (unpaired) electrons. The average molecular weight is 261 g/mol. The summed E-state index contributed by atoms with van der Waals surface area (Å²) in [5, 5.41) is 2.55. The lowest BCUT2D eigenvalue weighted by Gasteiger charge is -2.29. The number of rotatable bonds is 3. The van der Waals surface area contributed by atoms with Gasteiger partial charge in [-0.15, -0.1) is 0 Å². The molecule has 3 N–H and O–H groups in total. The first-order chi connectivity index (χ1) is 9.09. The molecule has 0 fully saturated rings. The largest absolute Gasteiger partial charge is 0.346 e. The summed E-state index contributed by atoms with van der Waals surface area (Å²) in [4.78, 5) is 25.3. The van der Waals surface area contributed by atoms with Crippen molar-refractivity contribution in [3.8, 4) is 0 Å². The van der Waals surface area contributed by atoms with Crippen molar-refractivity contribution < 1.29 is 9.59 Å². The predicted molar refractivity (Wildman–Crippen MR) is 73.8 cm³/mol. The highest BCUT2D eigenvalue weighted by atomic mass is 16.2. The van der Waals surface area contributed by atoms with Crippen molar-refractivity contribution >= 4 is 17.5 Å². The van der Waals surface area contributed by atoms with Crippen LogP contribution in [0.15, 0.2) is 24.3 Å². The maximum Gasteiger partial charge on any atom is 0.246 e. The lowest BCUT2D eigenvalue weighted by Crippen LogP contribution is -2.46. The van der Waals surface area contributed by atoms with Crippen LogP contribution >= 0.6 is 0 Å². The zero-order valence-electron chi connectivity index (χ0n) is 11.1. The summed E-state index contributed by atoms with van der Waals surface area (Å²) in [6, 6.07) is 7.28. The van der Waals surface area contributed by atoms with Gasteiger partial charge in [-0.2, -0.15) is 0 Å². The number of amides is 2. The van der Waals surface area contributed by atoms with E-state index in [4.69, 9.17) is 5.73 Å². The average Bonchev–Trinajstić information content (AvgIpc) is 2.43. The number of nitrogens with one attached hydrogen (secondary N) is 1. The molecule has 1 aliphatic heterocycles. The number of carbonyl (C=O) groups is 2. The van der Waals surface area contributed by atoms with Crippen molar-refractivity contribution in [1.82, 2.24) is 5.32 Å². The molecule has 0 aliphatic carbocycles. The van der Waals surface area contributed by atoms with Crippen LogP contribution in [-0.4, -0.2) is 30.9 Å². The van der Waals surface area contributed by atoms with Gasteiger partial charge in [-0.3, -0.25) is 9.59 Å². The molecule has 1 heterocycles. The van der Waals surface area contributed by atoms with Crippen molar-refractivity contribution in [2.24, 2.45) is 5.73 Å². The van der Waals surface area contributed by atoms with Crippen LogP contribution in [0.1, 0.15) is 18.9 Å². The van der Waals surface area contributed by atoms with Crippen molar-refractivity contribution in [3.63, 3.8) is 0 Å². The third kappa shape index (κ3) is 3.12. The molecule has 2 amide bonds. The van der Waals surface area contributed by atoms with Crippen LogP contribution in [0.4, 0.5) is 5.69 Å². The van der Waals surface area contributed by atoms with Gasteiger partial charge in [0.25, 0.3) is 0 Å². The highest BCUT2D eigenvalue weighted by molar-refractivity contribution is 5.98. The number of nitrogens with zero attached hydrogens (tertiary/aromatic N) is 1. The molecular weight excluding hydrogens is 242 g/mol. The Hall–Kier alpha value is -1.88. The Bertz CT molecular complexity index is 485. The maximum absolute atomic E-state index is 12.2. The van der Waals surface area contributed by atoms with E-state index in [1.165, 1.54) is 5.56 Å². The maximum atomic E-state index is 12.2. The Morgan fingerprint density at radius 3 is 2.89 bits per heavy atom. The number of carbonyl (C=O) groups excluding carboxylic acids is 2. The van der Waals surface area contributed by atoms with Gasteiger partial charge in [-0.05, 0) is 31.4 Å². The fourth-order valence-corrected chi connectivity index (χ4v) is 2.21. The molecule has 0 unspecified atom stereocenters. The minimum Gasteiger partial charge on any atom is -0.346 e. The minimum atomic E-state index is -0.596. The summed E-state index contributed by atoms with van der Waals surface area (Å²) in [7, 11) is 0. The van der Waals surface area contributed by atoms with E-state index in [1.54, 1.807) is 11.8 Å². The first-order valence-electron chi connectivity index (χ1n) is 6.51. The molecule has 1 atom stereocenters. The number of para-hydroxylation sites is 1. The lowest BCUT2D eigenvalue weighted by atomic mass is 10.0. The van der Waals surface area contributed by atoms with Gasteiger partial charge in [0.05, 0.1) is 12.6 Å². The molecular formula is C14H19N3O2. The van der Waals surface area contributed by atoms with Gasteiger partial charge < -0.3 is 16.0 Å². The number of aryl methyl sites for hydroxylation is 1. The van der Waals surface area contributed by atoms with Gasteiger partial charge in [0, 0.05) is 12.2 Å². The molecule has 2 rings (SSSR count). The fourth-order valence-electron chi connectivity index (χ4n) is 2.21. The third-order valence-corrected chi connectivity index (χ3v) is 3.24. The number of benzene rings is 1. The highest BCUT2D eigenvalue weighted by Gasteiger charge is 2.22. The zero-order chi connectivity index (χ0) is 13.8. The number of fused-ring (bicyclic) bond motifs is 1. The topological polar surface area (TPSA) is 75.4 Å². The van der Waals surface area contributed by atoms with E-state index >= 15 is 0 Å². The molecule has 0 aromatic heterocycles. The highest BCUT2D eigenvalue weighted by Crippen LogP contribution is 2.26. The first kappa shape index (κ1) is 13.5. The van der Waals surface area contributed by atoms with Crippen LogP contribution in [0.3, 0.4) is 0 Å². The van der Waals surface area contributed by atoms with Crippen LogP contribution in [0.25, 0.3) is 0 Å². The summed E-state index contributed by atoms with van der Waals surface area (Å²) < 4.78 is 0. The Balaban J connectivity index is 2.03. The number of nitrogens with two attached hydrogens (primary N) is 1. The minimum absolute atomic E-state index is 0.00525. The van der Waals surface area contributed by atoms with Crippen LogP contribution < -0.4 is 16.0 Å². The second kappa shape index (κ2) is 5.84. The molecule has 5 heteroatoms. The summed E-state index contributed by atoms with van der Waals surface area (Å²) >= 11 is 0. The quantitative estimate of drug-likeness (QED) is 0.828. The van der Waals surface area contributed by atoms with Gasteiger partial charge >= 0.3 is 0 Å². The number of anilines is 1. The van der Waals surface area contributed by atoms with E-state index in [-0.39, 0.29) is 18.4 Å². The van der Waals surface area contributed by atoms with E-state index in [0.29, 0.717) is 6.54 Å². The molecule has 5 nitrogen and oxygen atoms in total. The van der Waals surface area contributed by atoms with Gasteiger partial charge in [0.2, 0.25) is 11.8 Å². The normalized spacial score (nSPS) is 15.6. The summed E-state index contributed by atoms with van der Waals surface area (Å²) in [5.41, 5.74) is 7.57. The van der Waals surface area contributed by atoms with Crippen molar-refractivity contribution in [2.45, 2.75) is 25.8 Å². The van der Waals surface area contributed by atoms with Crippen molar-refractivity contribution in [1.29, 1.82) is 0 Å². The van der Waals surface area contributed by atoms with Crippen LogP contribution in [0.5, 0.6) is 0 Å². The Morgan fingerprint density at radius 2 is 2.16 bits per heavy atom. The second-order valence-corrected chi connectivity index (χ2v) is 4.78. The summed E-state index contributed by atoms with van der Waals surface area (Å²) in [6.45, 7) is 2.29. The number of hydrogen-bond donors (Lipinski definition) is 2. The molecule has 1 aromatic rings. The molecule has 1 aliphatic rings. The monoisotopic (exact) mass is 261 g/mol. The fraction of sp³-hybridized carbons (Fsp3) is 0.429. The molecule has 1 aromatic carbocycles. The third-order valence-electron chi connectivity index (χ3n) is 3.24. The molecule has 0 bridgehead atoms. The van der Waals surface area contributed by atoms with Crippen molar-refractivity contribution in [2.75, 3.05) is 18.0 Å². The van der Waals surface area contributed by atoms with Crippen LogP contribution in [0.2, 0.25) is 0 Å². The molecule has 0 saturated carbocycles. The SMILES string of the molecule is C[C@@H](N)C(=O)NCC(=O)N1CCCc2ccccc21. The van der Waals surface area contributed by atoms with Gasteiger partial charge in [0.1, 0.15) is 0 Å². The van der Waals surface area contributed by atoms with E-state index in [0.717, 1.165) is 18.5 Å². The molecule has 0 saturated heterocycles. The molecule has 102 valence electrons. The lowest BCUT2D eigenvalue weighted by molar-refractivity contribution is -0.125. The smallest absolute Gasteiger partial charge is 0.246 e. The van der Waals surface area contributed by atoms with E-state index in [9.17, 15) is 9.59 Å². The standard InChI is InChI=1S/C14H19N3O2/c1-10(15)14(19)16-9-13(18)17-8-4-6-11-5-2-3-7-12(11)17/h2-3,5,7,10H,4,6,8-9,15H2,1H3,(H,16,19)/t10-/m1/s1. The van der Waals surface area contributed by atoms with E-state index < -0.39 is 6.04 Å². The Kier molecular flexibility index (Phi) is 4.16. The summed E-state index contributed by atoms with van der Waals surface area (Å²) in [6.07, 6.45) is 1.94.